The molecular formula is C14H18BrNOS. The molecule has 1 fully saturated rings. The van der Waals surface area contributed by atoms with E-state index in [0.29, 0.717) is 12.0 Å². The van der Waals surface area contributed by atoms with Gasteiger partial charge in [-0.3, -0.25) is 4.90 Å². The van der Waals surface area contributed by atoms with Crippen molar-refractivity contribution in [3.8, 4) is 0 Å². The first-order valence-corrected chi connectivity index (χ1v) is 8.58. The van der Waals surface area contributed by atoms with Gasteiger partial charge in [-0.05, 0) is 11.6 Å². The zero-order valence-electron chi connectivity index (χ0n) is 10.3. The first kappa shape index (κ1) is 13.0. The number of hydrogen-bond donors (Lipinski definition) is 0. The van der Waals surface area contributed by atoms with Crippen LogP contribution in [0.25, 0.3) is 0 Å². The van der Waals surface area contributed by atoms with E-state index in [4.69, 9.17) is 4.74 Å². The topological polar surface area (TPSA) is 12.5 Å². The van der Waals surface area contributed by atoms with Crippen molar-refractivity contribution in [2.24, 2.45) is 0 Å². The molecule has 2 unspecified atom stereocenters. The SMILES string of the molecule is BrCC1COCCN1CC1CSc2ccccc21. The maximum Gasteiger partial charge on any atom is 0.0630 e. The second kappa shape index (κ2) is 5.95. The monoisotopic (exact) mass is 327 g/mol. The normalized spacial score (nSPS) is 28.3. The van der Waals surface area contributed by atoms with Gasteiger partial charge in [-0.2, -0.15) is 0 Å². The Morgan fingerprint density at radius 3 is 3.17 bits per heavy atom. The fraction of sp³-hybridized carbons (Fsp3) is 0.571. The molecule has 0 radical (unpaired) electrons. The van der Waals surface area contributed by atoms with Gasteiger partial charge in [0.25, 0.3) is 0 Å². The van der Waals surface area contributed by atoms with Gasteiger partial charge >= 0.3 is 0 Å². The lowest BCUT2D eigenvalue weighted by Gasteiger charge is -2.36. The summed E-state index contributed by atoms with van der Waals surface area (Å²) in [5.74, 6) is 1.91. The summed E-state index contributed by atoms with van der Waals surface area (Å²) in [5.41, 5.74) is 1.54. The van der Waals surface area contributed by atoms with Gasteiger partial charge in [0, 0.05) is 41.0 Å². The number of thioether (sulfide) groups is 1. The van der Waals surface area contributed by atoms with E-state index in [0.717, 1.165) is 25.1 Å². The van der Waals surface area contributed by atoms with Crippen LogP contribution in [0.5, 0.6) is 0 Å². The van der Waals surface area contributed by atoms with Crippen molar-refractivity contribution in [3.63, 3.8) is 0 Å². The second-order valence-corrected chi connectivity index (χ2v) is 6.63. The van der Waals surface area contributed by atoms with Gasteiger partial charge in [0.05, 0.1) is 13.2 Å². The molecule has 1 aromatic carbocycles. The van der Waals surface area contributed by atoms with E-state index in [9.17, 15) is 0 Å². The number of nitrogens with zero attached hydrogens (tertiary/aromatic N) is 1. The van der Waals surface area contributed by atoms with Crippen molar-refractivity contribution in [1.29, 1.82) is 0 Å². The van der Waals surface area contributed by atoms with Gasteiger partial charge in [-0.15, -0.1) is 11.8 Å². The molecule has 2 atom stereocenters. The Hall–Kier alpha value is -0.0300. The summed E-state index contributed by atoms with van der Waals surface area (Å²) in [4.78, 5) is 4.07. The number of hydrogen-bond acceptors (Lipinski definition) is 3. The van der Waals surface area contributed by atoms with Crippen LogP contribution < -0.4 is 0 Å². The van der Waals surface area contributed by atoms with Gasteiger partial charge < -0.3 is 4.74 Å². The average Bonchev–Trinajstić information content (AvgIpc) is 2.83. The minimum Gasteiger partial charge on any atom is -0.378 e. The molecule has 2 aliphatic rings. The smallest absolute Gasteiger partial charge is 0.0630 e. The molecule has 1 aromatic rings. The lowest BCUT2D eigenvalue weighted by atomic mass is 10.00. The second-order valence-electron chi connectivity index (χ2n) is 4.92. The molecule has 0 amide bonds. The van der Waals surface area contributed by atoms with E-state index in [2.05, 4.69) is 45.1 Å². The molecule has 4 heteroatoms. The van der Waals surface area contributed by atoms with Crippen LogP contribution in [0.3, 0.4) is 0 Å². The van der Waals surface area contributed by atoms with Crippen molar-refractivity contribution in [1.82, 2.24) is 4.90 Å². The predicted molar refractivity (Wildman–Crippen MR) is 79.9 cm³/mol. The van der Waals surface area contributed by atoms with Crippen LogP contribution in [0.2, 0.25) is 0 Å². The Labute approximate surface area is 121 Å². The Balaban J connectivity index is 1.70. The van der Waals surface area contributed by atoms with Crippen LogP contribution in [-0.2, 0) is 4.74 Å². The first-order chi connectivity index (χ1) is 8.88. The molecule has 2 nitrogen and oxygen atoms in total. The van der Waals surface area contributed by atoms with Crippen LogP contribution >= 0.6 is 27.7 Å². The molecule has 98 valence electrons. The molecule has 3 rings (SSSR count). The summed E-state index contributed by atoms with van der Waals surface area (Å²) in [6, 6.07) is 9.39. The highest BCUT2D eigenvalue weighted by Gasteiger charge is 2.29. The molecule has 0 aromatic heterocycles. The Bertz CT molecular complexity index is 415. The molecule has 0 aliphatic carbocycles. The van der Waals surface area contributed by atoms with E-state index in [1.165, 1.54) is 17.2 Å². The molecule has 0 spiro atoms. The van der Waals surface area contributed by atoms with Gasteiger partial charge in [0.2, 0.25) is 0 Å². The van der Waals surface area contributed by atoms with E-state index in [-0.39, 0.29) is 0 Å². The Kier molecular flexibility index (Phi) is 4.29. The third-order valence-corrected chi connectivity index (χ3v) is 5.78. The van der Waals surface area contributed by atoms with Crippen LogP contribution in [-0.4, -0.2) is 48.3 Å². The molecule has 1 saturated heterocycles. The molecule has 0 saturated carbocycles. The number of benzene rings is 1. The fourth-order valence-electron chi connectivity index (χ4n) is 2.74. The number of morpholine rings is 1. The van der Waals surface area contributed by atoms with E-state index in [1.807, 2.05) is 11.8 Å². The van der Waals surface area contributed by atoms with E-state index >= 15 is 0 Å². The third-order valence-electron chi connectivity index (χ3n) is 3.78. The maximum absolute atomic E-state index is 5.56. The molecule has 2 heterocycles. The van der Waals surface area contributed by atoms with Crippen molar-refractivity contribution in [2.75, 3.05) is 37.4 Å². The summed E-state index contributed by atoms with van der Waals surface area (Å²) in [7, 11) is 0. The summed E-state index contributed by atoms with van der Waals surface area (Å²) in [6.07, 6.45) is 0. The van der Waals surface area contributed by atoms with Crippen molar-refractivity contribution in [3.05, 3.63) is 29.8 Å². The lowest BCUT2D eigenvalue weighted by molar-refractivity contribution is 0.0000978. The number of halogens is 1. The van der Waals surface area contributed by atoms with Crippen molar-refractivity contribution < 1.29 is 4.74 Å². The summed E-state index contributed by atoms with van der Waals surface area (Å²) >= 11 is 5.61. The van der Waals surface area contributed by atoms with Crippen LogP contribution in [0.4, 0.5) is 0 Å². The number of fused-ring (bicyclic) bond motifs is 1. The highest BCUT2D eigenvalue weighted by Crippen LogP contribution is 2.39. The van der Waals surface area contributed by atoms with E-state index < -0.39 is 0 Å². The zero-order valence-corrected chi connectivity index (χ0v) is 12.8. The van der Waals surface area contributed by atoms with E-state index in [1.54, 1.807) is 5.56 Å². The highest BCUT2D eigenvalue weighted by atomic mass is 79.9. The quantitative estimate of drug-likeness (QED) is 0.792. The minimum absolute atomic E-state index is 0.538. The standard InChI is InChI=1S/C14H18BrNOS/c15-7-12-9-17-6-5-16(12)8-11-10-18-14-4-2-1-3-13(11)14/h1-4,11-12H,5-10H2. The minimum atomic E-state index is 0.538. The van der Waals surface area contributed by atoms with Crippen molar-refractivity contribution in [2.45, 2.75) is 16.9 Å². The molecular weight excluding hydrogens is 310 g/mol. The van der Waals surface area contributed by atoms with Crippen molar-refractivity contribution >= 4 is 27.7 Å². The summed E-state index contributed by atoms with van der Waals surface area (Å²) in [5, 5.41) is 1.01. The highest BCUT2D eigenvalue weighted by molar-refractivity contribution is 9.09. The van der Waals surface area contributed by atoms with Crippen LogP contribution in [0.15, 0.2) is 29.2 Å². The Morgan fingerprint density at radius 1 is 1.39 bits per heavy atom. The third kappa shape index (κ3) is 2.62. The Morgan fingerprint density at radius 2 is 2.28 bits per heavy atom. The predicted octanol–water partition coefficient (Wildman–Crippen LogP) is 2.97. The molecule has 0 bridgehead atoms. The molecule has 18 heavy (non-hydrogen) atoms. The number of alkyl halides is 1. The van der Waals surface area contributed by atoms with Gasteiger partial charge in [-0.1, -0.05) is 34.1 Å². The largest absolute Gasteiger partial charge is 0.378 e. The molecule has 2 aliphatic heterocycles. The van der Waals surface area contributed by atoms with Gasteiger partial charge in [-0.25, -0.2) is 0 Å². The first-order valence-electron chi connectivity index (χ1n) is 6.48. The number of rotatable bonds is 3. The maximum atomic E-state index is 5.56. The fourth-order valence-corrected chi connectivity index (χ4v) is 4.57. The van der Waals surface area contributed by atoms with Gasteiger partial charge in [0.1, 0.15) is 0 Å². The average molecular weight is 328 g/mol. The lowest BCUT2D eigenvalue weighted by Crippen LogP contribution is -2.48. The van der Waals surface area contributed by atoms with Crippen LogP contribution in [0, 0.1) is 0 Å². The summed E-state index contributed by atoms with van der Waals surface area (Å²) in [6.45, 7) is 3.99. The zero-order chi connectivity index (χ0) is 12.4. The van der Waals surface area contributed by atoms with Crippen LogP contribution in [0.1, 0.15) is 11.5 Å². The molecule has 0 N–H and O–H groups in total. The van der Waals surface area contributed by atoms with Gasteiger partial charge in [0.15, 0.2) is 0 Å². The summed E-state index contributed by atoms with van der Waals surface area (Å²) < 4.78 is 5.56. The number of ether oxygens (including phenoxy) is 1.